The third kappa shape index (κ3) is 4.69. The standard InChI is InChI=1S/C14H16N2O5/c1-19-10-5-3-6-11(20-2)13(10)14(18)21-9-12(17)16-8-4-7-15/h3,5-6H,4,8-9H2,1-2H3,(H,16,17). The second-order valence-electron chi connectivity index (χ2n) is 3.87. The molecule has 0 unspecified atom stereocenters. The van der Waals surface area contributed by atoms with E-state index in [0.29, 0.717) is 11.5 Å². The summed E-state index contributed by atoms with van der Waals surface area (Å²) < 4.78 is 15.1. The molecule has 0 fully saturated rings. The Balaban J connectivity index is 2.68. The molecule has 0 saturated carbocycles. The van der Waals surface area contributed by atoms with E-state index in [2.05, 4.69) is 5.32 Å². The van der Waals surface area contributed by atoms with Crippen molar-refractivity contribution in [2.75, 3.05) is 27.4 Å². The minimum atomic E-state index is -0.722. The molecule has 0 heterocycles. The molecule has 112 valence electrons. The minimum absolute atomic E-state index is 0.118. The van der Waals surface area contributed by atoms with Crippen LogP contribution in [0.25, 0.3) is 0 Å². The number of amides is 1. The highest BCUT2D eigenvalue weighted by atomic mass is 16.5. The van der Waals surface area contributed by atoms with Gasteiger partial charge in [-0.15, -0.1) is 0 Å². The zero-order valence-electron chi connectivity index (χ0n) is 11.8. The lowest BCUT2D eigenvalue weighted by Gasteiger charge is -2.12. The van der Waals surface area contributed by atoms with Gasteiger partial charge in [0.05, 0.1) is 26.7 Å². The second kappa shape index (κ2) is 8.43. The largest absolute Gasteiger partial charge is 0.496 e. The first-order chi connectivity index (χ1) is 10.1. The Labute approximate surface area is 122 Å². The average Bonchev–Trinajstić information content (AvgIpc) is 2.51. The molecule has 0 atom stereocenters. The average molecular weight is 292 g/mol. The molecule has 1 N–H and O–H groups in total. The van der Waals surface area contributed by atoms with E-state index in [1.165, 1.54) is 14.2 Å². The molecule has 0 radical (unpaired) electrons. The number of hydrogen-bond acceptors (Lipinski definition) is 6. The molecule has 1 rings (SSSR count). The molecular formula is C14H16N2O5. The summed E-state index contributed by atoms with van der Waals surface area (Å²) in [6.45, 7) is -0.226. The third-order valence-electron chi connectivity index (χ3n) is 2.53. The van der Waals surface area contributed by atoms with E-state index in [4.69, 9.17) is 19.5 Å². The molecular weight excluding hydrogens is 276 g/mol. The maximum atomic E-state index is 12.0. The number of nitrogens with one attached hydrogen (secondary N) is 1. The van der Waals surface area contributed by atoms with Crippen LogP contribution >= 0.6 is 0 Å². The first-order valence-electron chi connectivity index (χ1n) is 6.15. The van der Waals surface area contributed by atoms with Crippen LogP contribution in [-0.2, 0) is 9.53 Å². The van der Waals surface area contributed by atoms with Gasteiger partial charge in [-0.1, -0.05) is 6.07 Å². The molecule has 7 nitrogen and oxygen atoms in total. The fraction of sp³-hybridized carbons (Fsp3) is 0.357. The Morgan fingerprint density at radius 1 is 1.24 bits per heavy atom. The highest BCUT2D eigenvalue weighted by Crippen LogP contribution is 2.28. The fourth-order valence-corrected chi connectivity index (χ4v) is 1.56. The molecule has 0 spiro atoms. The van der Waals surface area contributed by atoms with Gasteiger partial charge in [-0.3, -0.25) is 4.79 Å². The smallest absolute Gasteiger partial charge is 0.346 e. The van der Waals surface area contributed by atoms with Crippen molar-refractivity contribution in [2.45, 2.75) is 6.42 Å². The zero-order chi connectivity index (χ0) is 15.7. The van der Waals surface area contributed by atoms with Gasteiger partial charge < -0.3 is 19.5 Å². The van der Waals surface area contributed by atoms with E-state index in [9.17, 15) is 9.59 Å². The number of rotatable bonds is 7. The summed E-state index contributed by atoms with van der Waals surface area (Å²) in [4.78, 5) is 23.4. The fourth-order valence-electron chi connectivity index (χ4n) is 1.56. The summed E-state index contributed by atoms with van der Waals surface area (Å²) in [6, 6.07) is 6.74. The summed E-state index contributed by atoms with van der Waals surface area (Å²) in [5, 5.41) is 10.8. The lowest BCUT2D eigenvalue weighted by molar-refractivity contribution is -0.124. The van der Waals surface area contributed by atoms with E-state index in [1.54, 1.807) is 18.2 Å². The van der Waals surface area contributed by atoms with Crippen LogP contribution in [0.3, 0.4) is 0 Å². The van der Waals surface area contributed by atoms with Gasteiger partial charge in [-0.25, -0.2) is 4.79 Å². The number of hydrogen-bond donors (Lipinski definition) is 1. The summed E-state index contributed by atoms with van der Waals surface area (Å²) in [5.41, 5.74) is 0.118. The molecule has 1 aromatic carbocycles. The van der Waals surface area contributed by atoms with Crippen LogP contribution in [0.4, 0.5) is 0 Å². The monoisotopic (exact) mass is 292 g/mol. The Bertz CT molecular complexity index is 529. The van der Waals surface area contributed by atoms with Crippen molar-refractivity contribution >= 4 is 11.9 Å². The zero-order valence-corrected chi connectivity index (χ0v) is 11.8. The van der Waals surface area contributed by atoms with Crippen LogP contribution in [-0.4, -0.2) is 39.2 Å². The van der Waals surface area contributed by atoms with E-state index in [0.717, 1.165) is 0 Å². The molecule has 1 aromatic rings. The minimum Gasteiger partial charge on any atom is -0.496 e. The van der Waals surface area contributed by atoms with Crippen molar-refractivity contribution in [2.24, 2.45) is 0 Å². The van der Waals surface area contributed by atoms with Crippen molar-refractivity contribution < 1.29 is 23.8 Å². The summed E-state index contributed by atoms with van der Waals surface area (Å²) in [6.07, 6.45) is 0.194. The molecule has 0 aliphatic heterocycles. The van der Waals surface area contributed by atoms with Gasteiger partial charge >= 0.3 is 5.97 Å². The number of methoxy groups -OCH3 is 2. The SMILES string of the molecule is COc1cccc(OC)c1C(=O)OCC(=O)NCCC#N. The summed E-state index contributed by atoms with van der Waals surface area (Å²) in [7, 11) is 2.83. The van der Waals surface area contributed by atoms with Crippen molar-refractivity contribution in [3.05, 3.63) is 23.8 Å². The number of carbonyl (C=O) groups excluding carboxylic acids is 2. The van der Waals surface area contributed by atoms with E-state index in [-0.39, 0.29) is 18.5 Å². The van der Waals surface area contributed by atoms with Gasteiger partial charge in [0, 0.05) is 6.54 Å². The normalized spacial score (nSPS) is 9.38. The summed E-state index contributed by atoms with van der Waals surface area (Å²) in [5.74, 6) is -0.610. The maximum absolute atomic E-state index is 12.0. The first kappa shape index (κ1) is 16.3. The van der Waals surface area contributed by atoms with Crippen molar-refractivity contribution in [3.63, 3.8) is 0 Å². The number of carbonyl (C=O) groups is 2. The van der Waals surface area contributed by atoms with Crippen molar-refractivity contribution in [1.29, 1.82) is 5.26 Å². The topological polar surface area (TPSA) is 97.7 Å². The first-order valence-corrected chi connectivity index (χ1v) is 6.15. The van der Waals surface area contributed by atoms with Gasteiger partial charge in [0.2, 0.25) is 0 Å². The Morgan fingerprint density at radius 2 is 1.86 bits per heavy atom. The van der Waals surface area contributed by atoms with Gasteiger partial charge in [-0.05, 0) is 12.1 Å². The van der Waals surface area contributed by atoms with Crippen LogP contribution in [0.2, 0.25) is 0 Å². The lowest BCUT2D eigenvalue weighted by Crippen LogP contribution is -2.29. The van der Waals surface area contributed by atoms with Crippen molar-refractivity contribution in [3.8, 4) is 17.6 Å². The molecule has 7 heteroatoms. The van der Waals surface area contributed by atoms with Crippen LogP contribution in [0, 0.1) is 11.3 Å². The van der Waals surface area contributed by atoms with E-state index >= 15 is 0 Å². The van der Waals surface area contributed by atoms with E-state index < -0.39 is 18.5 Å². The number of esters is 1. The van der Waals surface area contributed by atoms with Gasteiger partial charge in [0.25, 0.3) is 5.91 Å². The molecule has 21 heavy (non-hydrogen) atoms. The van der Waals surface area contributed by atoms with Gasteiger partial charge in [0.15, 0.2) is 6.61 Å². The molecule has 0 aliphatic rings. The number of ether oxygens (including phenoxy) is 3. The Hall–Kier alpha value is -2.75. The molecule has 0 saturated heterocycles. The third-order valence-corrected chi connectivity index (χ3v) is 2.53. The molecule has 1 amide bonds. The second-order valence-corrected chi connectivity index (χ2v) is 3.87. The Kier molecular flexibility index (Phi) is 6.54. The van der Waals surface area contributed by atoms with Crippen LogP contribution < -0.4 is 14.8 Å². The predicted molar refractivity (Wildman–Crippen MR) is 73.1 cm³/mol. The van der Waals surface area contributed by atoms with Crippen LogP contribution in [0.5, 0.6) is 11.5 Å². The van der Waals surface area contributed by atoms with Crippen LogP contribution in [0.15, 0.2) is 18.2 Å². The van der Waals surface area contributed by atoms with Crippen LogP contribution in [0.1, 0.15) is 16.8 Å². The summed E-state index contributed by atoms with van der Waals surface area (Å²) >= 11 is 0. The van der Waals surface area contributed by atoms with E-state index in [1.807, 2.05) is 6.07 Å². The number of nitrogens with zero attached hydrogens (tertiary/aromatic N) is 1. The lowest BCUT2D eigenvalue weighted by atomic mass is 10.2. The highest BCUT2D eigenvalue weighted by molar-refractivity contribution is 5.96. The molecule has 0 aromatic heterocycles. The maximum Gasteiger partial charge on any atom is 0.346 e. The van der Waals surface area contributed by atoms with Gasteiger partial charge in [-0.2, -0.15) is 5.26 Å². The number of nitriles is 1. The molecule has 0 aliphatic carbocycles. The number of benzene rings is 1. The molecule has 0 bridgehead atoms. The van der Waals surface area contributed by atoms with Crippen molar-refractivity contribution in [1.82, 2.24) is 5.32 Å². The Morgan fingerprint density at radius 3 is 2.38 bits per heavy atom. The predicted octanol–water partition coefficient (Wildman–Crippen LogP) is 0.890. The quantitative estimate of drug-likeness (QED) is 0.592. The van der Waals surface area contributed by atoms with Gasteiger partial charge in [0.1, 0.15) is 17.1 Å². The highest BCUT2D eigenvalue weighted by Gasteiger charge is 2.20.